The summed E-state index contributed by atoms with van der Waals surface area (Å²) in [6.45, 7) is 5.17. The number of para-hydroxylation sites is 1. The Morgan fingerprint density at radius 3 is 2.51 bits per heavy atom. The van der Waals surface area contributed by atoms with Gasteiger partial charge >= 0.3 is 0 Å². The SMILES string of the molecule is COc1ccccc1[C@@H]1CCCN1C1CC2(CCN(c3cnc(C(=O)NS(=O)(=O)c4ccc(NC[C@H]5CC[C@](C)(O)CC5)c(O)c4)c(Oc4cnc5[nH]ccc5c4)c3)CC2)C1. The molecule has 2 aromatic carbocycles. The first-order chi connectivity index (χ1) is 29.4. The lowest BCUT2D eigenvalue weighted by atomic mass is 9.60. The molecule has 2 aliphatic carbocycles. The Hall–Kier alpha value is -5.38. The van der Waals surface area contributed by atoms with E-state index in [1.54, 1.807) is 31.6 Å². The van der Waals surface area contributed by atoms with E-state index in [1.165, 1.54) is 43.2 Å². The van der Waals surface area contributed by atoms with Crippen LogP contribution in [0.3, 0.4) is 0 Å². The lowest BCUT2D eigenvalue weighted by Crippen LogP contribution is -2.54. The molecule has 4 fully saturated rings. The number of likely N-dealkylation sites (tertiary alicyclic amines) is 1. The number of carbonyl (C=O) groups is 1. The summed E-state index contributed by atoms with van der Waals surface area (Å²) in [7, 11) is -2.68. The summed E-state index contributed by atoms with van der Waals surface area (Å²) in [6.07, 6.45) is 14.8. The summed E-state index contributed by atoms with van der Waals surface area (Å²) in [5.41, 5.74) is 2.55. The molecule has 2 aliphatic heterocycles. The van der Waals surface area contributed by atoms with E-state index in [9.17, 15) is 23.4 Å². The topological polar surface area (TPSA) is 182 Å². The maximum Gasteiger partial charge on any atom is 0.287 e. The Morgan fingerprint density at radius 2 is 1.74 bits per heavy atom. The predicted molar refractivity (Wildman–Crippen MR) is 233 cm³/mol. The Balaban J connectivity index is 0.879. The number of hydrogen-bond acceptors (Lipinski definition) is 12. The number of rotatable bonds is 12. The highest BCUT2D eigenvalue weighted by Gasteiger charge is 2.50. The zero-order chi connectivity index (χ0) is 42.4. The number of aliphatic hydroxyl groups is 1. The molecule has 1 spiro atoms. The zero-order valence-corrected chi connectivity index (χ0v) is 35.6. The molecule has 61 heavy (non-hydrogen) atoms. The minimum atomic E-state index is -4.43. The molecule has 0 bridgehead atoms. The van der Waals surface area contributed by atoms with Crippen molar-refractivity contribution in [3.05, 3.63) is 90.5 Å². The fraction of sp³-hybridized carbons (Fsp3) is 0.457. The minimum Gasteiger partial charge on any atom is -0.506 e. The van der Waals surface area contributed by atoms with Crippen LogP contribution in [0.5, 0.6) is 23.0 Å². The number of anilines is 2. The third-order valence-electron chi connectivity index (χ3n) is 13.7. The molecule has 0 unspecified atom stereocenters. The van der Waals surface area contributed by atoms with E-state index in [1.807, 2.05) is 19.1 Å². The number of carbonyl (C=O) groups excluding carboxylic acids is 1. The number of nitrogens with zero attached hydrogens (tertiary/aromatic N) is 4. The highest BCUT2D eigenvalue weighted by atomic mass is 32.2. The number of pyridine rings is 2. The molecule has 9 rings (SSSR count). The van der Waals surface area contributed by atoms with Gasteiger partial charge in [0.15, 0.2) is 11.4 Å². The van der Waals surface area contributed by atoms with Gasteiger partial charge in [-0.15, -0.1) is 0 Å². The third-order valence-corrected chi connectivity index (χ3v) is 15.0. The van der Waals surface area contributed by atoms with Crippen LogP contribution < -0.4 is 24.4 Å². The maximum atomic E-state index is 13.8. The van der Waals surface area contributed by atoms with E-state index in [0.717, 1.165) is 74.6 Å². The van der Waals surface area contributed by atoms with Crippen LogP contribution in [0.2, 0.25) is 0 Å². The molecule has 0 radical (unpaired) electrons. The first-order valence-electron chi connectivity index (χ1n) is 21.5. The van der Waals surface area contributed by atoms with Gasteiger partial charge in [0.1, 0.15) is 22.9 Å². The number of hydrogen-bond donors (Lipinski definition) is 5. The quantitative estimate of drug-likeness (QED) is 0.0780. The van der Waals surface area contributed by atoms with Crippen LogP contribution in [0, 0.1) is 11.3 Å². The number of H-pyrrole nitrogens is 1. The van der Waals surface area contributed by atoms with Crippen molar-refractivity contribution >= 4 is 38.3 Å². The lowest BCUT2D eigenvalue weighted by molar-refractivity contribution is -0.0229. The van der Waals surface area contributed by atoms with Gasteiger partial charge in [0, 0.05) is 61.0 Å². The Kier molecular flexibility index (Phi) is 11.1. The van der Waals surface area contributed by atoms with E-state index in [0.29, 0.717) is 54.5 Å². The van der Waals surface area contributed by atoms with Crippen molar-refractivity contribution in [2.24, 2.45) is 11.3 Å². The highest BCUT2D eigenvalue weighted by Crippen LogP contribution is 2.54. The molecular formula is C46H55N7O7S. The van der Waals surface area contributed by atoms with Crippen LogP contribution in [0.1, 0.15) is 93.2 Å². The number of amides is 1. The summed E-state index contributed by atoms with van der Waals surface area (Å²) in [6, 6.07) is 18.7. The first-order valence-corrected chi connectivity index (χ1v) is 23.0. The van der Waals surface area contributed by atoms with Gasteiger partial charge in [-0.25, -0.2) is 23.1 Å². The normalized spacial score (nSPS) is 23.2. The highest BCUT2D eigenvalue weighted by molar-refractivity contribution is 7.90. The number of fused-ring (bicyclic) bond motifs is 1. The Morgan fingerprint density at radius 1 is 0.951 bits per heavy atom. The summed E-state index contributed by atoms with van der Waals surface area (Å²) < 4.78 is 41.3. The van der Waals surface area contributed by atoms with Gasteiger partial charge in [-0.05, 0) is 119 Å². The Labute approximate surface area is 356 Å². The summed E-state index contributed by atoms with van der Waals surface area (Å²) in [4.78, 5) is 30.5. The van der Waals surface area contributed by atoms with Crippen LogP contribution in [0.4, 0.5) is 11.4 Å². The Bertz CT molecular complexity index is 2500. The number of phenols is 1. The number of sulfonamides is 1. The largest absolute Gasteiger partial charge is 0.506 e. The van der Waals surface area contributed by atoms with Crippen LogP contribution in [-0.2, 0) is 10.0 Å². The van der Waals surface area contributed by atoms with E-state index < -0.39 is 21.5 Å². The van der Waals surface area contributed by atoms with Crippen molar-refractivity contribution in [1.29, 1.82) is 0 Å². The molecular weight excluding hydrogens is 795 g/mol. The van der Waals surface area contributed by atoms with Gasteiger partial charge < -0.3 is 34.9 Å². The molecule has 1 amide bonds. The number of phenolic OH excluding ortho intramolecular Hbond substituents is 1. The second-order valence-electron chi connectivity index (χ2n) is 17.9. The first kappa shape index (κ1) is 41.0. The molecule has 322 valence electrons. The van der Waals surface area contributed by atoms with Crippen LogP contribution in [-0.4, -0.2) is 89.3 Å². The van der Waals surface area contributed by atoms with Crippen molar-refractivity contribution in [2.75, 3.05) is 43.5 Å². The summed E-state index contributed by atoms with van der Waals surface area (Å²) in [5.74, 6) is 0.506. The lowest BCUT2D eigenvalue weighted by Gasteiger charge is -2.56. The standard InChI is InChI=1S/C46H55N7O7S/c1-45(56)14-11-30(12-15-45)27-48-37-10-9-35(24-39(37)54)61(57,58)51-44(55)42-41(60-34-22-31-13-18-47-43(31)50-29-34)23-32(28-49-42)52-20-16-46(17-21-52)25-33(26-46)53-19-5-7-38(53)36-6-3-4-8-40(36)59-2/h3-4,6,8-10,13,18,22-24,28-30,33,38,48,54,56H,5,7,11-12,14-17,19-21,25-27H2,1-2H3,(H,47,50)(H,51,55)/t30-,38-,45-/m0/s1. The van der Waals surface area contributed by atoms with Crippen LogP contribution in [0.15, 0.2) is 84.1 Å². The molecule has 5 N–H and O–H groups in total. The monoisotopic (exact) mass is 849 g/mol. The van der Waals surface area contributed by atoms with Gasteiger partial charge in [-0.3, -0.25) is 9.69 Å². The number of benzene rings is 2. The van der Waals surface area contributed by atoms with E-state index in [-0.39, 0.29) is 27.5 Å². The minimum absolute atomic E-state index is 0.0916. The van der Waals surface area contributed by atoms with E-state index in [2.05, 4.69) is 53.0 Å². The number of methoxy groups -OCH3 is 1. The molecule has 15 heteroatoms. The fourth-order valence-electron chi connectivity index (χ4n) is 10.1. The van der Waals surface area contributed by atoms with Gasteiger partial charge in [-0.1, -0.05) is 18.2 Å². The molecule has 5 aromatic rings. The average molecular weight is 850 g/mol. The van der Waals surface area contributed by atoms with Gasteiger partial charge in [0.05, 0.1) is 41.4 Å². The fourth-order valence-corrected chi connectivity index (χ4v) is 11.1. The maximum absolute atomic E-state index is 13.8. The number of aromatic hydroxyl groups is 1. The molecule has 2 saturated carbocycles. The van der Waals surface area contributed by atoms with Crippen molar-refractivity contribution in [3.63, 3.8) is 0 Å². The van der Waals surface area contributed by atoms with Gasteiger partial charge in [-0.2, -0.15) is 0 Å². The number of aromatic amines is 1. The molecule has 3 aromatic heterocycles. The predicted octanol–water partition coefficient (Wildman–Crippen LogP) is 7.52. The second-order valence-corrected chi connectivity index (χ2v) is 19.5. The molecule has 1 atom stereocenters. The summed E-state index contributed by atoms with van der Waals surface area (Å²) >= 11 is 0. The number of piperidine rings is 1. The molecule has 14 nitrogen and oxygen atoms in total. The zero-order valence-electron chi connectivity index (χ0n) is 34.8. The van der Waals surface area contributed by atoms with Crippen molar-refractivity contribution in [1.82, 2.24) is 24.6 Å². The van der Waals surface area contributed by atoms with Crippen molar-refractivity contribution in [2.45, 2.75) is 93.7 Å². The van der Waals surface area contributed by atoms with Crippen molar-refractivity contribution in [3.8, 4) is 23.0 Å². The van der Waals surface area contributed by atoms with Gasteiger partial charge in [0.2, 0.25) is 0 Å². The molecule has 4 aliphatic rings. The molecule has 2 saturated heterocycles. The number of ether oxygens (including phenoxy) is 2. The smallest absolute Gasteiger partial charge is 0.287 e. The van der Waals surface area contributed by atoms with Crippen LogP contribution in [0.25, 0.3) is 11.0 Å². The third kappa shape index (κ3) is 8.60. The summed E-state index contributed by atoms with van der Waals surface area (Å²) in [5, 5.41) is 25.1. The van der Waals surface area contributed by atoms with Gasteiger partial charge in [0.25, 0.3) is 15.9 Å². The average Bonchev–Trinajstić information content (AvgIpc) is 3.93. The number of nitrogens with one attached hydrogen (secondary N) is 3. The van der Waals surface area contributed by atoms with Crippen molar-refractivity contribution < 1.29 is 32.9 Å². The van der Waals surface area contributed by atoms with E-state index in [4.69, 9.17) is 9.47 Å². The number of aromatic nitrogens is 3. The molecule has 5 heterocycles. The van der Waals surface area contributed by atoms with Crippen LogP contribution >= 0.6 is 0 Å². The second kappa shape index (κ2) is 16.5. The van der Waals surface area contributed by atoms with E-state index >= 15 is 0 Å².